The molecule has 0 radical (unpaired) electrons. The zero-order valence-electron chi connectivity index (χ0n) is 16.6. The number of carbonyl (C=O) groups is 1. The monoisotopic (exact) mass is 390 g/mol. The molecule has 0 atom stereocenters. The number of nitrogens with zero attached hydrogens (tertiary/aromatic N) is 3. The SMILES string of the molecule is COc1ccc2cc(C(=O)N(C)CCc3noc(-c4cccc(C)c4)n3)[nH]c2c1. The first-order valence-corrected chi connectivity index (χ1v) is 9.35. The lowest BCUT2D eigenvalue weighted by atomic mass is 10.1. The number of H-pyrrole nitrogens is 1. The largest absolute Gasteiger partial charge is 0.497 e. The van der Waals surface area contributed by atoms with Gasteiger partial charge in [0.15, 0.2) is 5.82 Å². The summed E-state index contributed by atoms with van der Waals surface area (Å²) in [6.45, 7) is 2.49. The van der Waals surface area contributed by atoms with Crippen LogP contribution >= 0.6 is 0 Å². The zero-order valence-corrected chi connectivity index (χ0v) is 16.6. The number of hydrogen-bond acceptors (Lipinski definition) is 5. The van der Waals surface area contributed by atoms with E-state index in [1.165, 1.54) is 0 Å². The van der Waals surface area contributed by atoms with Crippen LogP contribution in [0.15, 0.2) is 53.1 Å². The maximum atomic E-state index is 12.8. The molecule has 0 aliphatic heterocycles. The third kappa shape index (κ3) is 3.99. The first-order chi connectivity index (χ1) is 14.0. The molecule has 0 fully saturated rings. The normalized spacial score (nSPS) is 11.0. The van der Waals surface area contributed by atoms with E-state index in [0.717, 1.165) is 27.8 Å². The fraction of sp³-hybridized carbons (Fsp3) is 0.227. The van der Waals surface area contributed by atoms with Crippen molar-refractivity contribution >= 4 is 16.8 Å². The Kier molecular flexibility index (Phi) is 5.03. The zero-order chi connectivity index (χ0) is 20.4. The number of nitrogens with one attached hydrogen (secondary N) is 1. The summed E-state index contributed by atoms with van der Waals surface area (Å²) in [6, 6.07) is 15.4. The standard InChI is InChI=1S/C22H22N4O3/c1-14-5-4-6-16(11-14)21-24-20(25-29-21)9-10-26(2)22(27)19-12-15-7-8-17(28-3)13-18(15)23-19/h4-8,11-13,23H,9-10H2,1-3H3. The van der Waals surface area contributed by atoms with E-state index in [9.17, 15) is 4.79 Å². The lowest BCUT2D eigenvalue weighted by molar-refractivity contribution is 0.0791. The molecular formula is C22H22N4O3. The van der Waals surface area contributed by atoms with Crippen LogP contribution in [-0.2, 0) is 6.42 Å². The number of rotatable bonds is 6. The van der Waals surface area contributed by atoms with Gasteiger partial charge in [0.2, 0.25) is 0 Å². The van der Waals surface area contributed by atoms with Crippen LogP contribution in [0.5, 0.6) is 5.75 Å². The number of aromatic amines is 1. The molecule has 0 bridgehead atoms. The second kappa shape index (κ2) is 7.79. The summed E-state index contributed by atoms with van der Waals surface area (Å²) in [7, 11) is 3.38. The number of benzene rings is 2. The van der Waals surface area contributed by atoms with Crippen LogP contribution in [0.2, 0.25) is 0 Å². The minimum Gasteiger partial charge on any atom is -0.497 e. The quantitative estimate of drug-likeness (QED) is 0.541. The van der Waals surface area contributed by atoms with E-state index in [1.807, 2.05) is 55.5 Å². The molecule has 0 unspecified atom stereocenters. The molecule has 2 aromatic heterocycles. The topological polar surface area (TPSA) is 84.2 Å². The molecule has 1 N–H and O–H groups in total. The average Bonchev–Trinajstić information content (AvgIpc) is 3.37. The second-order valence-corrected chi connectivity index (χ2v) is 7.00. The van der Waals surface area contributed by atoms with Gasteiger partial charge in [-0.25, -0.2) is 0 Å². The summed E-state index contributed by atoms with van der Waals surface area (Å²) < 4.78 is 10.6. The maximum Gasteiger partial charge on any atom is 0.270 e. The second-order valence-electron chi connectivity index (χ2n) is 7.00. The van der Waals surface area contributed by atoms with Crippen LogP contribution in [-0.4, -0.2) is 46.6 Å². The Morgan fingerprint density at radius 2 is 2.07 bits per heavy atom. The van der Waals surface area contributed by atoms with Crippen molar-refractivity contribution in [3.8, 4) is 17.2 Å². The van der Waals surface area contributed by atoms with E-state index in [-0.39, 0.29) is 5.91 Å². The highest BCUT2D eigenvalue weighted by atomic mass is 16.5. The number of aryl methyl sites for hydroxylation is 1. The molecule has 148 valence electrons. The van der Waals surface area contributed by atoms with Gasteiger partial charge in [-0.15, -0.1) is 0 Å². The molecule has 0 saturated heterocycles. The van der Waals surface area contributed by atoms with Crippen molar-refractivity contribution in [1.82, 2.24) is 20.0 Å². The number of methoxy groups -OCH3 is 1. The number of amides is 1. The molecule has 7 heteroatoms. The van der Waals surface area contributed by atoms with Crippen molar-refractivity contribution in [3.05, 3.63) is 65.6 Å². The first kappa shape index (κ1) is 18.7. The Morgan fingerprint density at radius 1 is 1.21 bits per heavy atom. The van der Waals surface area contributed by atoms with Gasteiger partial charge >= 0.3 is 0 Å². The molecule has 0 spiro atoms. The number of aromatic nitrogens is 3. The van der Waals surface area contributed by atoms with Gasteiger partial charge in [0, 0.05) is 42.5 Å². The smallest absolute Gasteiger partial charge is 0.270 e. The van der Waals surface area contributed by atoms with Crippen molar-refractivity contribution in [1.29, 1.82) is 0 Å². The van der Waals surface area contributed by atoms with E-state index < -0.39 is 0 Å². The van der Waals surface area contributed by atoms with Gasteiger partial charge in [-0.1, -0.05) is 22.9 Å². The van der Waals surface area contributed by atoms with Crippen LogP contribution in [0.1, 0.15) is 21.9 Å². The Bertz CT molecular complexity index is 1160. The van der Waals surface area contributed by atoms with Crippen molar-refractivity contribution < 1.29 is 14.1 Å². The molecular weight excluding hydrogens is 368 g/mol. The van der Waals surface area contributed by atoms with Gasteiger partial charge in [-0.3, -0.25) is 4.79 Å². The van der Waals surface area contributed by atoms with E-state index in [1.54, 1.807) is 19.1 Å². The number of likely N-dealkylation sites (N-methyl/N-ethyl adjacent to an activating group) is 1. The summed E-state index contributed by atoms with van der Waals surface area (Å²) in [5.41, 5.74) is 3.41. The first-order valence-electron chi connectivity index (χ1n) is 9.35. The van der Waals surface area contributed by atoms with Gasteiger partial charge in [0.1, 0.15) is 11.4 Å². The lowest BCUT2D eigenvalue weighted by Gasteiger charge is -2.14. The minimum absolute atomic E-state index is 0.0948. The van der Waals surface area contributed by atoms with Crippen LogP contribution in [0.4, 0.5) is 0 Å². The Labute approximate surface area is 168 Å². The van der Waals surface area contributed by atoms with E-state index >= 15 is 0 Å². The molecule has 0 aliphatic carbocycles. The molecule has 0 saturated carbocycles. The average molecular weight is 390 g/mol. The summed E-state index contributed by atoms with van der Waals surface area (Å²) >= 11 is 0. The highest BCUT2D eigenvalue weighted by molar-refractivity contribution is 5.98. The van der Waals surface area contributed by atoms with Crippen LogP contribution in [0, 0.1) is 6.92 Å². The summed E-state index contributed by atoms with van der Waals surface area (Å²) in [4.78, 5) is 22.0. The third-order valence-electron chi connectivity index (χ3n) is 4.81. The predicted molar refractivity (Wildman–Crippen MR) is 110 cm³/mol. The summed E-state index contributed by atoms with van der Waals surface area (Å²) in [5, 5.41) is 5.00. The van der Waals surface area contributed by atoms with Gasteiger partial charge in [0.25, 0.3) is 11.8 Å². The van der Waals surface area contributed by atoms with Gasteiger partial charge < -0.3 is 19.1 Å². The van der Waals surface area contributed by atoms with Crippen molar-refractivity contribution in [2.45, 2.75) is 13.3 Å². The van der Waals surface area contributed by atoms with E-state index in [0.29, 0.717) is 30.4 Å². The Hall–Kier alpha value is -3.61. The lowest BCUT2D eigenvalue weighted by Crippen LogP contribution is -2.29. The molecule has 4 aromatic rings. The van der Waals surface area contributed by atoms with Crippen molar-refractivity contribution in [3.63, 3.8) is 0 Å². The van der Waals surface area contributed by atoms with Crippen LogP contribution in [0.25, 0.3) is 22.4 Å². The molecule has 4 rings (SSSR count). The molecule has 29 heavy (non-hydrogen) atoms. The van der Waals surface area contributed by atoms with E-state index in [4.69, 9.17) is 9.26 Å². The molecule has 7 nitrogen and oxygen atoms in total. The Morgan fingerprint density at radius 3 is 2.86 bits per heavy atom. The third-order valence-corrected chi connectivity index (χ3v) is 4.81. The molecule has 2 aromatic carbocycles. The number of hydrogen-bond donors (Lipinski definition) is 1. The summed E-state index contributed by atoms with van der Waals surface area (Å²) in [5.74, 6) is 1.71. The maximum absolute atomic E-state index is 12.8. The molecule has 1 amide bonds. The van der Waals surface area contributed by atoms with E-state index in [2.05, 4.69) is 15.1 Å². The van der Waals surface area contributed by atoms with Crippen LogP contribution < -0.4 is 4.74 Å². The fourth-order valence-corrected chi connectivity index (χ4v) is 3.17. The summed E-state index contributed by atoms with van der Waals surface area (Å²) in [6.07, 6.45) is 0.506. The van der Waals surface area contributed by atoms with Gasteiger partial charge in [-0.2, -0.15) is 4.98 Å². The minimum atomic E-state index is -0.0948. The van der Waals surface area contributed by atoms with Gasteiger partial charge in [-0.05, 0) is 37.3 Å². The Balaban J connectivity index is 1.42. The van der Waals surface area contributed by atoms with Crippen molar-refractivity contribution in [2.24, 2.45) is 0 Å². The fourth-order valence-electron chi connectivity index (χ4n) is 3.17. The number of ether oxygens (including phenoxy) is 1. The highest BCUT2D eigenvalue weighted by Gasteiger charge is 2.16. The molecule has 2 heterocycles. The predicted octanol–water partition coefficient (Wildman–Crippen LogP) is 3.85. The van der Waals surface area contributed by atoms with Crippen molar-refractivity contribution in [2.75, 3.05) is 20.7 Å². The highest BCUT2D eigenvalue weighted by Crippen LogP contribution is 2.22. The van der Waals surface area contributed by atoms with Gasteiger partial charge in [0.05, 0.1) is 7.11 Å². The molecule has 0 aliphatic rings. The number of fused-ring (bicyclic) bond motifs is 1. The number of carbonyl (C=O) groups excluding carboxylic acids is 1. The van der Waals surface area contributed by atoms with Crippen LogP contribution in [0.3, 0.4) is 0 Å².